The molecule has 23 heavy (non-hydrogen) atoms. The molecule has 0 N–H and O–H groups in total. The second-order valence-electron chi connectivity index (χ2n) is 5.36. The van der Waals surface area contributed by atoms with Crippen molar-refractivity contribution in [1.29, 1.82) is 0 Å². The van der Waals surface area contributed by atoms with E-state index in [1.165, 1.54) is 11.1 Å². The van der Waals surface area contributed by atoms with E-state index in [-0.39, 0.29) is 0 Å². The maximum atomic E-state index is 5.46. The number of hydrogen-bond donors (Lipinski definition) is 0. The van der Waals surface area contributed by atoms with E-state index >= 15 is 0 Å². The van der Waals surface area contributed by atoms with Gasteiger partial charge in [-0.15, -0.1) is 11.3 Å². The van der Waals surface area contributed by atoms with E-state index in [4.69, 9.17) is 14.5 Å². The number of nitrogens with zero attached hydrogens (tertiary/aromatic N) is 1. The highest BCUT2D eigenvalue weighted by Crippen LogP contribution is 2.32. The predicted molar refractivity (Wildman–Crippen MR) is 94.6 cm³/mol. The highest BCUT2D eigenvalue weighted by atomic mass is 32.1. The van der Waals surface area contributed by atoms with E-state index in [9.17, 15) is 0 Å². The molecule has 0 unspecified atom stereocenters. The van der Waals surface area contributed by atoms with Gasteiger partial charge in [-0.25, -0.2) is 4.98 Å². The van der Waals surface area contributed by atoms with Crippen LogP contribution in [0.3, 0.4) is 0 Å². The molecular weight excluding hydrogens is 306 g/mol. The van der Waals surface area contributed by atoms with E-state index in [0.29, 0.717) is 0 Å². The van der Waals surface area contributed by atoms with Crippen molar-refractivity contribution in [2.45, 2.75) is 13.3 Å². The third kappa shape index (κ3) is 3.54. The number of thiazole rings is 1. The smallest absolute Gasteiger partial charge is 0.128 e. The van der Waals surface area contributed by atoms with Gasteiger partial charge < -0.3 is 9.47 Å². The molecule has 0 amide bonds. The van der Waals surface area contributed by atoms with Crippen molar-refractivity contribution in [2.75, 3.05) is 14.2 Å². The van der Waals surface area contributed by atoms with Crippen LogP contribution in [0.5, 0.6) is 11.5 Å². The summed E-state index contributed by atoms with van der Waals surface area (Å²) in [6.07, 6.45) is 0.822. The largest absolute Gasteiger partial charge is 0.497 e. The lowest BCUT2D eigenvalue weighted by atomic mass is 10.1. The van der Waals surface area contributed by atoms with E-state index in [2.05, 4.69) is 30.5 Å². The third-order valence-electron chi connectivity index (χ3n) is 3.70. The molecule has 2 aromatic carbocycles. The van der Waals surface area contributed by atoms with Gasteiger partial charge in [0.15, 0.2) is 0 Å². The maximum absolute atomic E-state index is 5.46. The summed E-state index contributed by atoms with van der Waals surface area (Å²) >= 11 is 1.68. The molecule has 0 fully saturated rings. The monoisotopic (exact) mass is 325 g/mol. The normalized spacial score (nSPS) is 10.6. The summed E-state index contributed by atoms with van der Waals surface area (Å²) in [5.74, 6) is 1.73. The molecule has 0 radical (unpaired) electrons. The first-order chi connectivity index (χ1) is 11.2. The SMILES string of the molecule is COc1ccc(Cc2nc(-c3cc(C)ccc3OC)cs2)cc1. The molecular formula is C19H19NO2S. The summed E-state index contributed by atoms with van der Waals surface area (Å²) in [7, 11) is 3.37. The van der Waals surface area contributed by atoms with Crippen LogP contribution in [0, 0.1) is 6.92 Å². The van der Waals surface area contributed by atoms with Crippen LogP contribution in [0.1, 0.15) is 16.1 Å². The van der Waals surface area contributed by atoms with Crippen LogP contribution in [0.2, 0.25) is 0 Å². The minimum atomic E-state index is 0.822. The van der Waals surface area contributed by atoms with Crippen molar-refractivity contribution >= 4 is 11.3 Å². The number of benzene rings is 2. The van der Waals surface area contributed by atoms with Gasteiger partial charge >= 0.3 is 0 Å². The van der Waals surface area contributed by atoms with Gasteiger partial charge in [-0.2, -0.15) is 0 Å². The molecule has 0 atom stereocenters. The number of aryl methyl sites for hydroxylation is 1. The standard InChI is InChI=1S/C19H19NO2S/c1-13-4-9-18(22-3)16(10-13)17-12-23-19(20-17)11-14-5-7-15(21-2)8-6-14/h4-10,12H,11H2,1-3H3. The maximum Gasteiger partial charge on any atom is 0.128 e. The first kappa shape index (κ1) is 15.6. The Balaban J connectivity index is 1.84. The summed E-state index contributed by atoms with van der Waals surface area (Å²) in [6.45, 7) is 2.08. The van der Waals surface area contributed by atoms with Crippen molar-refractivity contribution in [3.05, 3.63) is 64.0 Å². The van der Waals surface area contributed by atoms with Crippen LogP contribution in [-0.2, 0) is 6.42 Å². The Bertz CT molecular complexity index is 793. The van der Waals surface area contributed by atoms with Gasteiger partial charge in [-0.05, 0) is 36.8 Å². The lowest BCUT2D eigenvalue weighted by molar-refractivity contribution is 0.414. The molecule has 1 heterocycles. The molecule has 0 bridgehead atoms. The van der Waals surface area contributed by atoms with Crippen molar-refractivity contribution < 1.29 is 9.47 Å². The summed E-state index contributed by atoms with van der Waals surface area (Å²) in [5, 5.41) is 3.18. The number of aromatic nitrogens is 1. The van der Waals surface area contributed by atoms with Crippen LogP contribution in [0.25, 0.3) is 11.3 Å². The Labute approximate surface area is 140 Å². The number of hydrogen-bond acceptors (Lipinski definition) is 4. The average molecular weight is 325 g/mol. The fourth-order valence-electron chi connectivity index (χ4n) is 2.46. The Morgan fingerprint density at radius 3 is 2.48 bits per heavy atom. The van der Waals surface area contributed by atoms with Crippen molar-refractivity contribution in [2.24, 2.45) is 0 Å². The van der Waals surface area contributed by atoms with Crippen LogP contribution in [0.4, 0.5) is 0 Å². The lowest BCUT2D eigenvalue weighted by Gasteiger charge is -2.07. The Morgan fingerprint density at radius 2 is 1.78 bits per heavy atom. The quantitative estimate of drug-likeness (QED) is 0.680. The molecule has 0 spiro atoms. The van der Waals surface area contributed by atoms with E-state index in [1.807, 2.05) is 24.3 Å². The summed E-state index contributed by atoms with van der Waals surface area (Å²) in [5.41, 5.74) is 4.44. The molecule has 0 aliphatic heterocycles. The number of methoxy groups -OCH3 is 2. The molecule has 1 aromatic heterocycles. The van der Waals surface area contributed by atoms with Crippen LogP contribution in [-0.4, -0.2) is 19.2 Å². The minimum absolute atomic E-state index is 0.822. The zero-order chi connectivity index (χ0) is 16.2. The van der Waals surface area contributed by atoms with Crippen LogP contribution < -0.4 is 9.47 Å². The molecule has 0 aliphatic rings. The van der Waals surface area contributed by atoms with Crippen molar-refractivity contribution in [3.63, 3.8) is 0 Å². The van der Waals surface area contributed by atoms with E-state index < -0.39 is 0 Å². The lowest BCUT2D eigenvalue weighted by Crippen LogP contribution is -1.91. The highest BCUT2D eigenvalue weighted by molar-refractivity contribution is 7.10. The van der Waals surface area contributed by atoms with Crippen LogP contribution >= 0.6 is 11.3 Å². The molecule has 118 valence electrons. The van der Waals surface area contributed by atoms with Gasteiger partial charge in [0.1, 0.15) is 11.5 Å². The first-order valence-corrected chi connectivity index (χ1v) is 8.30. The molecule has 0 saturated carbocycles. The summed E-state index contributed by atoms with van der Waals surface area (Å²) in [4.78, 5) is 4.78. The fourth-order valence-corrected chi connectivity index (χ4v) is 3.28. The zero-order valence-electron chi connectivity index (χ0n) is 13.5. The Kier molecular flexibility index (Phi) is 4.63. The molecule has 4 heteroatoms. The van der Waals surface area contributed by atoms with Crippen molar-refractivity contribution in [3.8, 4) is 22.8 Å². The van der Waals surface area contributed by atoms with E-state index in [1.54, 1.807) is 25.6 Å². The predicted octanol–water partition coefficient (Wildman–Crippen LogP) is 4.73. The summed E-state index contributed by atoms with van der Waals surface area (Å²) in [6, 6.07) is 14.3. The second kappa shape index (κ2) is 6.84. The minimum Gasteiger partial charge on any atom is -0.497 e. The third-order valence-corrected chi connectivity index (χ3v) is 4.55. The first-order valence-electron chi connectivity index (χ1n) is 7.42. The van der Waals surface area contributed by atoms with Gasteiger partial charge in [-0.3, -0.25) is 0 Å². The molecule has 3 rings (SSSR count). The molecule has 3 aromatic rings. The van der Waals surface area contributed by atoms with Gasteiger partial charge in [0.05, 0.1) is 24.9 Å². The van der Waals surface area contributed by atoms with Crippen molar-refractivity contribution in [1.82, 2.24) is 4.98 Å². The molecule has 0 saturated heterocycles. The van der Waals surface area contributed by atoms with Gasteiger partial charge in [0.2, 0.25) is 0 Å². The fraction of sp³-hybridized carbons (Fsp3) is 0.211. The highest BCUT2D eigenvalue weighted by Gasteiger charge is 2.11. The second-order valence-corrected chi connectivity index (χ2v) is 6.30. The zero-order valence-corrected chi connectivity index (χ0v) is 14.3. The molecule has 0 aliphatic carbocycles. The topological polar surface area (TPSA) is 31.4 Å². The van der Waals surface area contributed by atoms with Crippen LogP contribution in [0.15, 0.2) is 47.8 Å². The van der Waals surface area contributed by atoms with Gasteiger partial charge in [-0.1, -0.05) is 23.8 Å². The Hall–Kier alpha value is -2.33. The molecule has 3 nitrogen and oxygen atoms in total. The van der Waals surface area contributed by atoms with Gasteiger partial charge in [0, 0.05) is 17.4 Å². The number of ether oxygens (including phenoxy) is 2. The summed E-state index contributed by atoms with van der Waals surface area (Å²) < 4.78 is 10.6. The number of rotatable bonds is 5. The van der Waals surface area contributed by atoms with E-state index in [0.717, 1.165) is 34.2 Å². The average Bonchev–Trinajstić information content (AvgIpc) is 3.04. The van der Waals surface area contributed by atoms with Gasteiger partial charge in [0.25, 0.3) is 0 Å². The Morgan fingerprint density at radius 1 is 1.00 bits per heavy atom.